The molecule has 1 saturated heterocycles. The summed E-state index contributed by atoms with van der Waals surface area (Å²) in [5.41, 5.74) is 0. The molecule has 0 aromatic rings. The molecule has 1 aliphatic heterocycles. The Labute approximate surface area is 107 Å². The van der Waals surface area contributed by atoms with Gasteiger partial charge in [0.25, 0.3) is 0 Å². The maximum atomic E-state index is 8.78. The average molecular weight is 242 g/mol. The highest BCUT2D eigenvalue weighted by Gasteiger charge is 2.16. The molecule has 1 aliphatic rings. The van der Waals surface area contributed by atoms with E-state index in [2.05, 4.69) is 17.1 Å². The summed E-state index contributed by atoms with van der Waals surface area (Å²) in [4.78, 5) is 2.63. The van der Waals surface area contributed by atoms with Gasteiger partial charge in [0.2, 0.25) is 0 Å². The van der Waals surface area contributed by atoms with Crippen molar-refractivity contribution in [3.8, 4) is 0 Å². The Bertz CT molecular complexity index is 170. The smallest absolute Gasteiger partial charge is 0.0431 e. The van der Waals surface area contributed by atoms with Crippen LogP contribution in [-0.4, -0.2) is 49.3 Å². The summed E-state index contributed by atoms with van der Waals surface area (Å²) in [5, 5.41) is 12.2. The van der Waals surface area contributed by atoms with Crippen molar-refractivity contribution in [2.45, 2.75) is 45.4 Å². The van der Waals surface area contributed by atoms with Crippen molar-refractivity contribution in [2.24, 2.45) is 5.92 Å². The lowest BCUT2D eigenvalue weighted by molar-refractivity contribution is 0.199. The number of aliphatic hydroxyl groups is 1. The van der Waals surface area contributed by atoms with E-state index in [1.54, 1.807) is 0 Å². The quantitative estimate of drug-likeness (QED) is 0.606. The molecule has 0 unspecified atom stereocenters. The topological polar surface area (TPSA) is 35.5 Å². The lowest BCUT2D eigenvalue weighted by Crippen LogP contribution is -2.37. The van der Waals surface area contributed by atoms with Crippen LogP contribution in [0.2, 0.25) is 0 Å². The molecular weight excluding hydrogens is 212 g/mol. The second-order valence-electron chi connectivity index (χ2n) is 5.28. The number of nitrogens with zero attached hydrogens (tertiary/aromatic N) is 1. The van der Waals surface area contributed by atoms with E-state index in [1.807, 2.05) is 0 Å². The summed E-state index contributed by atoms with van der Waals surface area (Å²) in [6.07, 6.45) is 7.32. The second kappa shape index (κ2) is 9.86. The van der Waals surface area contributed by atoms with Crippen LogP contribution in [0.25, 0.3) is 0 Å². The van der Waals surface area contributed by atoms with Crippen LogP contribution in [0.5, 0.6) is 0 Å². The molecule has 0 spiro atoms. The second-order valence-corrected chi connectivity index (χ2v) is 5.28. The van der Waals surface area contributed by atoms with Crippen molar-refractivity contribution >= 4 is 0 Å². The highest BCUT2D eigenvalue weighted by molar-refractivity contribution is 4.72. The Balaban J connectivity index is 2.16. The molecule has 0 saturated carbocycles. The molecular formula is C14H30N2O. The predicted molar refractivity (Wildman–Crippen MR) is 73.3 cm³/mol. The Morgan fingerprint density at radius 2 is 1.88 bits per heavy atom. The normalized spacial score (nSPS) is 17.8. The predicted octanol–water partition coefficient (Wildman–Crippen LogP) is 1.86. The van der Waals surface area contributed by atoms with E-state index >= 15 is 0 Å². The largest absolute Gasteiger partial charge is 0.396 e. The molecule has 1 heterocycles. The van der Waals surface area contributed by atoms with Gasteiger partial charge in [0.15, 0.2) is 0 Å². The molecule has 3 nitrogen and oxygen atoms in total. The Morgan fingerprint density at radius 1 is 1.12 bits per heavy atom. The molecule has 0 bridgehead atoms. The van der Waals surface area contributed by atoms with E-state index in [-0.39, 0.29) is 0 Å². The molecule has 3 heteroatoms. The van der Waals surface area contributed by atoms with Crippen molar-refractivity contribution in [1.82, 2.24) is 10.2 Å². The van der Waals surface area contributed by atoms with Crippen molar-refractivity contribution in [1.29, 1.82) is 0 Å². The monoisotopic (exact) mass is 242 g/mol. The van der Waals surface area contributed by atoms with E-state index in [1.165, 1.54) is 64.8 Å². The molecule has 17 heavy (non-hydrogen) atoms. The fraction of sp³-hybridized carbons (Fsp3) is 1.00. The van der Waals surface area contributed by atoms with Gasteiger partial charge in [0.1, 0.15) is 0 Å². The zero-order chi connectivity index (χ0) is 12.3. The third-order valence-corrected chi connectivity index (χ3v) is 3.65. The van der Waals surface area contributed by atoms with Gasteiger partial charge in [-0.05, 0) is 70.6 Å². The first-order valence-corrected chi connectivity index (χ1v) is 7.40. The summed E-state index contributed by atoms with van der Waals surface area (Å²) in [5.74, 6) is 0.903. The van der Waals surface area contributed by atoms with Gasteiger partial charge in [0.05, 0.1) is 0 Å². The number of nitrogens with one attached hydrogen (secondary N) is 1. The number of hydrogen-bond acceptors (Lipinski definition) is 3. The summed E-state index contributed by atoms with van der Waals surface area (Å²) in [6.45, 7) is 8.77. The van der Waals surface area contributed by atoms with Crippen LogP contribution in [0.3, 0.4) is 0 Å². The first-order valence-electron chi connectivity index (χ1n) is 7.40. The number of aliphatic hydroxyl groups excluding tert-OH is 1. The van der Waals surface area contributed by atoms with E-state index < -0.39 is 0 Å². The minimum Gasteiger partial charge on any atom is -0.396 e. The van der Waals surface area contributed by atoms with E-state index in [0.717, 1.165) is 12.3 Å². The van der Waals surface area contributed by atoms with Gasteiger partial charge >= 0.3 is 0 Å². The number of hydrogen-bond donors (Lipinski definition) is 2. The van der Waals surface area contributed by atoms with Gasteiger partial charge in [-0.25, -0.2) is 0 Å². The Kier molecular flexibility index (Phi) is 8.67. The highest BCUT2D eigenvalue weighted by Crippen LogP contribution is 2.14. The van der Waals surface area contributed by atoms with E-state index in [9.17, 15) is 0 Å². The van der Waals surface area contributed by atoms with Gasteiger partial charge in [-0.15, -0.1) is 0 Å². The van der Waals surface area contributed by atoms with Crippen molar-refractivity contribution in [3.63, 3.8) is 0 Å². The lowest BCUT2D eigenvalue weighted by atomic mass is 9.97. The molecule has 0 radical (unpaired) electrons. The third kappa shape index (κ3) is 7.02. The molecule has 1 rings (SSSR count). The van der Waals surface area contributed by atoms with Crippen molar-refractivity contribution < 1.29 is 5.11 Å². The van der Waals surface area contributed by atoms with Crippen LogP contribution in [0.4, 0.5) is 0 Å². The third-order valence-electron chi connectivity index (χ3n) is 3.65. The molecule has 0 atom stereocenters. The van der Waals surface area contributed by atoms with Gasteiger partial charge in [-0.3, -0.25) is 0 Å². The fourth-order valence-corrected chi connectivity index (χ4v) is 2.66. The first kappa shape index (κ1) is 14.9. The van der Waals surface area contributed by atoms with Gasteiger partial charge < -0.3 is 15.3 Å². The van der Waals surface area contributed by atoms with Crippen LogP contribution in [0.15, 0.2) is 0 Å². The summed E-state index contributed by atoms with van der Waals surface area (Å²) in [7, 11) is 0. The minimum atomic E-state index is 0.349. The van der Waals surface area contributed by atoms with Crippen molar-refractivity contribution in [2.75, 3.05) is 39.3 Å². The summed E-state index contributed by atoms with van der Waals surface area (Å²) in [6, 6.07) is 0. The van der Waals surface area contributed by atoms with Crippen LogP contribution >= 0.6 is 0 Å². The van der Waals surface area contributed by atoms with Crippen LogP contribution in [0.1, 0.15) is 45.4 Å². The number of rotatable bonds is 9. The van der Waals surface area contributed by atoms with Crippen molar-refractivity contribution in [3.05, 3.63) is 0 Å². The average Bonchev–Trinajstić information content (AvgIpc) is 2.36. The molecule has 2 N–H and O–H groups in total. The zero-order valence-electron chi connectivity index (χ0n) is 11.5. The van der Waals surface area contributed by atoms with Gasteiger partial charge in [0, 0.05) is 13.2 Å². The molecule has 0 aliphatic carbocycles. The van der Waals surface area contributed by atoms with Crippen LogP contribution in [-0.2, 0) is 0 Å². The number of unbranched alkanes of at least 4 members (excludes halogenated alkanes) is 2. The first-order chi connectivity index (χ1) is 8.36. The maximum absolute atomic E-state index is 8.78. The standard InChI is InChI=1S/C14H30N2O/c1-2-10-16(11-4-3-5-12-17)13-14-6-8-15-9-7-14/h14-15,17H,2-13H2,1H3. The summed E-state index contributed by atoms with van der Waals surface area (Å²) >= 11 is 0. The van der Waals surface area contributed by atoms with E-state index in [4.69, 9.17) is 5.11 Å². The SMILES string of the molecule is CCCN(CCCCCO)CC1CCNCC1. The molecule has 0 amide bonds. The van der Waals surface area contributed by atoms with Crippen LogP contribution in [0, 0.1) is 5.92 Å². The molecule has 0 aromatic carbocycles. The Hall–Kier alpha value is -0.120. The highest BCUT2D eigenvalue weighted by atomic mass is 16.2. The maximum Gasteiger partial charge on any atom is 0.0431 e. The van der Waals surface area contributed by atoms with Crippen LogP contribution < -0.4 is 5.32 Å². The molecule has 102 valence electrons. The lowest BCUT2D eigenvalue weighted by Gasteiger charge is -2.30. The van der Waals surface area contributed by atoms with Gasteiger partial charge in [-0.1, -0.05) is 6.92 Å². The zero-order valence-corrected chi connectivity index (χ0v) is 11.5. The molecule has 0 aromatic heterocycles. The minimum absolute atomic E-state index is 0.349. The Morgan fingerprint density at radius 3 is 2.53 bits per heavy atom. The molecule has 1 fully saturated rings. The summed E-state index contributed by atoms with van der Waals surface area (Å²) < 4.78 is 0. The fourth-order valence-electron chi connectivity index (χ4n) is 2.66. The van der Waals surface area contributed by atoms with Gasteiger partial charge in [-0.2, -0.15) is 0 Å². The van der Waals surface area contributed by atoms with E-state index in [0.29, 0.717) is 6.61 Å². The number of piperidine rings is 1.